The van der Waals surface area contributed by atoms with Gasteiger partial charge in [0, 0.05) is 0 Å². The Kier molecular flexibility index (Phi) is 2.08. The van der Waals surface area contributed by atoms with E-state index in [4.69, 9.17) is 9.66 Å². The van der Waals surface area contributed by atoms with Crippen molar-refractivity contribution in [2.24, 2.45) is 0 Å². The predicted molar refractivity (Wildman–Crippen MR) is 42.7 cm³/mol. The fourth-order valence-electron chi connectivity index (χ4n) is 0.828. The van der Waals surface area contributed by atoms with E-state index in [2.05, 4.69) is 0 Å². The Morgan fingerprint density at radius 2 is 1.92 bits per heavy atom. The topological polar surface area (TPSA) is 74.6 Å². The van der Waals surface area contributed by atoms with Gasteiger partial charge in [0.15, 0.2) is 0 Å². The van der Waals surface area contributed by atoms with E-state index in [1.807, 2.05) is 0 Å². The molecule has 66 valence electrons. The molecule has 12 heavy (non-hydrogen) atoms. The highest BCUT2D eigenvalue weighted by atomic mass is 32.2. The average molecular weight is 188 g/mol. The second-order valence-electron chi connectivity index (χ2n) is 2.45. The first kappa shape index (κ1) is 9.02. The van der Waals surface area contributed by atoms with Gasteiger partial charge in [-0.25, -0.2) is 0 Å². The molecule has 1 aromatic carbocycles. The zero-order chi connectivity index (χ0) is 9.35. The van der Waals surface area contributed by atoms with Gasteiger partial charge in [0.1, 0.15) is 10.6 Å². The molecule has 0 radical (unpaired) electrons. The monoisotopic (exact) mass is 188 g/mol. The largest absolute Gasteiger partial charge is 0.506 e. The summed E-state index contributed by atoms with van der Waals surface area (Å²) >= 11 is 0. The molecule has 0 bridgehead atoms. The molecule has 0 spiro atoms. The van der Waals surface area contributed by atoms with Crippen molar-refractivity contribution in [2.45, 2.75) is 11.8 Å². The molecule has 0 amide bonds. The molecule has 0 fully saturated rings. The van der Waals surface area contributed by atoms with E-state index in [1.165, 1.54) is 12.1 Å². The van der Waals surface area contributed by atoms with Gasteiger partial charge in [0.25, 0.3) is 10.1 Å². The lowest BCUT2D eigenvalue weighted by Gasteiger charge is -2.00. The van der Waals surface area contributed by atoms with Crippen LogP contribution in [0.3, 0.4) is 0 Å². The summed E-state index contributed by atoms with van der Waals surface area (Å²) in [6.07, 6.45) is 0. The minimum atomic E-state index is -4.31. The summed E-state index contributed by atoms with van der Waals surface area (Å²) in [6.45, 7) is 1.66. The summed E-state index contributed by atoms with van der Waals surface area (Å²) < 4.78 is 29.8. The van der Waals surface area contributed by atoms with Crippen LogP contribution in [-0.2, 0) is 10.1 Å². The van der Waals surface area contributed by atoms with Crippen molar-refractivity contribution in [3.8, 4) is 5.75 Å². The SMILES string of the molecule is Cc1ccc(O)c(S(=O)(=O)O)c1. The van der Waals surface area contributed by atoms with Gasteiger partial charge in [-0.1, -0.05) is 6.07 Å². The molecule has 0 aliphatic rings. The van der Waals surface area contributed by atoms with Crippen molar-refractivity contribution in [1.29, 1.82) is 0 Å². The molecule has 0 saturated carbocycles. The highest BCUT2D eigenvalue weighted by Crippen LogP contribution is 2.22. The van der Waals surface area contributed by atoms with Crippen LogP contribution in [0.2, 0.25) is 0 Å². The Labute approximate surface area is 70.2 Å². The van der Waals surface area contributed by atoms with Crippen LogP contribution in [0.4, 0.5) is 0 Å². The summed E-state index contributed by atoms with van der Waals surface area (Å²) in [6, 6.07) is 3.97. The van der Waals surface area contributed by atoms with Gasteiger partial charge in [-0.05, 0) is 24.6 Å². The molecule has 2 N–H and O–H groups in total. The normalized spacial score (nSPS) is 11.5. The van der Waals surface area contributed by atoms with Crippen LogP contribution in [0.25, 0.3) is 0 Å². The summed E-state index contributed by atoms with van der Waals surface area (Å²) in [4.78, 5) is -0.456. The number of phenols is 1. The molecule has 0 aliphatic carbocycles. The lowest BCUT2D eigenvalue weighted by molar-refractivity contribution is 0.443. The van der Waals surface area contributed by atoms with E-state index in [9.17, 15) is 8.42 Å². The van der Waals surface area contributed by atoms with E-state index in [-0.39, 0.29) is 0 Å². The maximum Gasteiger partial charge on any atom is 0.298 e. The van der Waals surface area contributed by atoms with E-state index in [1.54, 1.807) is 13.0 Å². The Morgan fingerprint density at radius 3 is 2.33 bits per heavy atom. The van der Waals surface area contributed by atoms with E-state index in [0.717, 1.165) is 0 Å². The van der Waals surface area contributed by atoms with Crippen molar-refractivity contribution >= 4 is 10.1 Å². The van der Waals surface area contributed by atoms with Crippen LogP contribution in [0.5, 0.6) is 5.75 Å². The zero-order valence-electron chi connectivity index (χ0n) is 6.35. The summed E-state index contributed by atoms with van der Waals surface area (Å²) in [7, 11) is -4.31. The van der Waals surface area contributed by atoms with Crippen molar-refractivity contribution < 1.29 is 18.1 Å². The standard InChI is InChI=1S/C7H8O4S/c1-5-2-3-6(8)7(4-5)12(9,10)11/h2-4,8H,1H3,(H,9,10,11). The minimum absolute atomic E-state index is 0.442. The van der Waals surface area contributed by atoms with Crippen molar-refractivity contribution in [1.82, 2.24) is 0 Å². The first-order valence-corrected chi connectivity index (χ1v) is 4.62. The van der Waals surface area contributed by atoms with Crippen LogP contribution >= 0.6 is 0 Å². The van der Waals surface area contributed by atoms with Crippen LogP contribution in [-0.4, -0.2) is 18.1 Å². The average Bonchev–Trinajstić information content (AvgIpc) is 1.92. The number of benzene rings is 1. The quantitative estimate of drug-likeness (QED) is 0.643. The number of rotatable bonds is 1. The van der Waals surface area contributed by atoms with Crippen LogP contribution in [0.1, 0.15) is 5.56 Å². The Bertz CT molecular complexity index is 394. The third kappa shape index (κ3) is 1.75. The Hall–Kier alpha value is -1.07. The van der Waals surface area contributed by atoms with Crippen LogP contribution in [0.15, 0.2) is 23.1 Å². The maximum absolute atomic E-state index is 10.6. The van der Waals surface area contributed by atoms with Crippen LogP contribution < -0.4 is 0 Å². The second kappa shape index (κ2) is 2.76. The second-order valence-corrected chi connectivity index (χ2v) is 3.84. The van der Waals surface area contributed by atoms with Crippen LogP contribution in [0, 0.1) is 6.92 Å². The highest BCUT2D eigenvalue weighted by Gasteiger charge is 2.14. The van der Waals surface area contributed by atoms with Crippen molar-refractivity contribution in [3.05, 3.63) is 23.8 Å². The molecular weight excluding hydrogens is 180 g/mol. The molecule has 1 aromatic rings. The molecule has 1 rings (SSSR count). The van der Waals surface area contributed by atoms with Gasteiger partial charge < -0.3 is 5.11 Å². The fourth-order valence-corrected chi connectivity index (χ4v) is 1.50. The molecule has 0 aromatic heterocycles. The zero-order valence-corrected chi connectivity index (χ0v) is 7.17. The summed E-state index contributed by atoms with van der Waals surface area (Å²) in [5, 5.41) is 9.03. The number of phenolic OH excluding ortho intramolecular Hbond substituents is 1. The molecule has 0 heterocycles. The van der Waals surface area contributed by atoms with Gasteiger partial charge in [-0.3, -0.25) is 4.55 Å². The predicted octanol–water partition coefficient (Wildman–Crippen LogP) is 0.947. The van der Waals surface area contributed by atoms with Gasteiger partial charge in [-0.2, -0.15) is 8.42 Å². The number of hydrogen-bond acceptors (Lipinski definition) is 3. The lowest BCUT2D eigenvalue weighted by Crippen LogP contribution is -1.98. The summed E-state index contributed by atoms with van der Waals surface area (Å²) in [5.41, 5.74) is 0.653. The molecule has 0 atom stereocenters. The van der Waals surface area contributed by atoms with E-state index >= 15 is 0 Å². The summed E-state index contributed by atoms with van der Waals surface area (Å²) in [5.74, 6) is -0.442. The van der Waals surface area contributed by atoms with Crippen molar-refractivity contribution in [3.63, 3.8) is 0 Å². The molecule has 0 saturated heterocycles. The smallest absolute Gasteiger partial charge is 0.298 e. The molecular formula is C7H8O4S. The van der Waals surface area contributed by atoms with E-state index in [0.29, 0.717) is 5.56 Å². The fraction of sp³-hybridized carbons (Fsp3) is 0.143. The van der Waals surface area contributed by atoms with Gasteiger partial charge in [-0.15, -0.1) is 0 Å². The van der Waals surface area contributed by atoms with Gasteiger partial charge in [0.2, 0.25) is 0 Å². The Morgan fingerprint density at radius 1 is 1.33 bits per heavy atom. The third-order valence-corrected chi connectivity index (χ3v) is 2.28. The van der Waals surface area contributed by atoms with Crippen molar-refractivity contribution in [2.75, 3.05) is 0 Å². The van der Waals surface area contributed by atoms with Gasteiger partial charge >= 0.3 is 0 Å². The van der Waals surface area contributed by atoms with E-state index < -0.39 is 20.8 Å². The Balaban J connectivity index is 3.43. The molecule has 0 aliphatic heterocycles. The minimum Gasteiger partial charge on any atom is -0.506 e. The molecule has 4 nitrogen and oxygen atoms in total. The first-order valence-electron chi connectivity index (χ1n) is 3.18. The molecule has 0 unspecified atom stereocenters. The number of aryl methyl sites for hydroxylation is 1. The number of hydrogen-bond donors (Lipinski definition) is 2. The lowest BCUT2D eigenvalue weighted by atomic mass is 10.2. The highest BCUT2D eigenvalue weighted by molar-refractivity contribution is 7.86. The maximum atomic E-state index is 10.6. The van der Waals surface area contributed by atoms with Gasteiger partial charge in [0.05, 0.1) is 0 Å². The first-order chi connectivity index (χ1) is 5.41. The third-order valence-electron chi connectivity index (χ3n) is 1.39. The number of aromatic hydroxyl groups is 1. The molecule has 5 heteroatoms.